The van der Waals surface area contributed by atoms with Crippen LogP contribution in [-0.4, -0.2) is 23.9 Å². The molecule has 0 radical (unpaired) electrons. The Morgan fingerprint density at radius 2 is 2.05 bits per heavy atom. The van der Waals surface area contributed by atoms with Crippen LogP contribution in [0.4, 0.5) is 5.69 Å². The second-order valence-corrected chi connectivity index (χ2v) is 7.95. The third kappa shape index (κ3) is 3.46. The molecule has 0 bridgehead atoms. The van der Waals surface area contributed by atoms with Crippen LogP contribution in [0.25, 0.3) is 0 Å². The van der Waals surface area contributed by atoms with Gasteiger partial charge in [0.2, 0.25) is 0 Å². The predicted molar refractivity (Wildman–Crippen MR) is 82.1 cm³/mol. The van der Waals surface area contributed by atoms with Gasteiger partial charge in [0, 0.05) is 10.7 Å². The Morgan fingerprint density at radius 1 is 1.38 bits per heavy atom. The van der Waals surface area contributed by atoms with Crippen molar-refractivity contribution in [3.05, 3.63) is 32.7 Å². The fourth-order valence-electron chi connectivity index (χ4n) is 1.51. The maximum atomic E-state index is 11.9. The van der Waals surface area contributed by atoms with Crippen LogP contribution in [-0.2, 0) is 9.05 Å². The van der Waals surface area contributed by atoms with Crippen molar-refractivity contribution in [2.45, 2.75) is 11.8 Å². The molecule has 0 unspecified atom stereocenters. The number of amides is 1. The largest absolute Gasteiger partial charge is 0.319 e. The van der Waals surface area contributed by atoms with E-state index in [1.165, 1.54) is 13.1 Å². The van der Waals surface area contributed by atoms with Gasteiger partial charge in [-0.25, -0.2) is 8.42 Å². The molecule has 0 aliphatic rings. The summed E-state index contributed by atoms with van der Waals surface area (Å²) in [7, 11) is 1.31. The predicted octanol–water partition coefficient (Wildman–Crippen LogP) is 3.33. The molecule has 2 rings (SSSR count). The highest BCUT2D eigenvalue weighted by Crippen LogP contribution is 2.38. The number of aromatic nitrogens is 2. The molecule has 1 heterocycles. The number of nitrogens with zero attached hydrogens (tertiary/aromatic N) is 2. The molecule has 0 aliphatic heterocycles. The highest BCUT2D eigenvalue weighted by atomic mass is 35.7. The van der Waals surface area contributed by atoms with Crippen LogP contribution < -0.4 is 5.32 Å². The highest BCUT2D eigenvalue weighted by Gasteiger charge is 2.22. The molecule has 112 valence electrons. The van der Waals surface area contributed by atoms with E-state index in [0.717, 1.165) is 17.6 Å². The molecule has 0 aliphatic carbocycles. The third-order valence-corrected chi connectivity index (χ3v) is 5.38. The zero-order chi connectivity index (χ0) is 15.8. The Bertz CT molecular complexity index is 807. The summed E-state index contributed by atoms with van der Waals surface area (Å²) in [5.74, 6) is -0.505. The van der Waals surface area contributed by atoms with Gasteiger partial charge in [-0.3, -0.25) is 4.79 Å². The number of rotatable bonds is 3. The van der Waals surface area contributed by atoms with Crippen molar-refractivity contribution in [2.24, 2.45) is 0 Å². The summed E-state index contributed by atoms with van der Waals surface area (Å²) in [5.41, 5.74) is 0.284. The van der Waals surface area contributed by atoms with Gasteiger partial charge in [-0.05, 0) is 30.1 Å². The number of carbonyl (C=O) groups is 1. The normalized spacial score (nSPS) is 11.4. The summed E-state index contributed by atoms with van der Waals surface area (Å²) in [6.45, 7) is 1.46. The van der Waals surface area contributed by atoms with Gasteiger partial charge in [0.05, 0.1) is 26.8 Å². The summed E-state index contributed by atoms with van der Waals surface area (Å²) in [6.07, 6.45) is 1.28. The van der Waals surface area contributed by atoms with E-state index >= 15 is 0 Å². The first kappa shape index (κ1) is 16.4. The average molecular weight is 387 g/mol. The van der Waals surface area contributed by atoms with E-state index in [1.54, 1.807) is 0 Å². The topological polar surface area (TPSA) is 89.0 Å². The monoisotopic (exact) mass is 385 g/mol. The van der Waals surface area contributed by atoms with Crippen LogP contribution in [0.3, 0.4) is 0 Å². The molecule has 21 heavy (non-hydrogen) atoms. The SMILES string of the molecule is Cc1c(S(=O)(=O)Cl)cc(Cl)c(NC(=O)c2cnns2)c1Cl. The third-order valence-electron chi connectivity index (χ3n) is 2.50. The Labute approximate surface area is 138 Å². The second-order valence-electron chi connectivity index (χ2n) is 3.84. The van der Waals surface area contributed by atoms with Crippen LogP contribution in [0.15, 0.2) is 17.2 Å². The number of anilines is 1. The lowest BCUT2D eigenvalue weighted by Gasteiger charge is -2.13. The van der Waals surface area contributed by atoms with Gasteiger partial charge in [-0.15, -0.1) is 5.10 Å². The quantitative estimate of drug-likeness (QED) is 0.817. The zero-order valence-electron chi connectivity index (χ0n) is 10.2. The number of hydrogen-bond donors (Lipinski definition) is 1. The Morgan fingerprint density at radius 3 is 2.57 bits per heavy atom. The molecule has 6 nitrogen and oxygen atoms in total. The zero-order valence-corrected chi connectivity index (χ0v) is 14.1. The van der Waals surface area contributed by atoms with Crippen LogP contribution in [0.2, 0.25) is 10.0 Å². The highest BCUT2D eigenvalue weighted by molar-refractivity contribution is 8.13. The van der Waals surface area contributed by atoms with Crippen molar-refractivity contribution in [3.8, 4) is 0 Å². The van der Waals surface area contributed by atoms with E-state index in [1.807, 2.05) is 0 Å². The van der Waals surface area contributed by atoms with Gasteiger partial charge < -0.3 is 5.32 Å². The molecular weight excluding hydrogens is 381 g/mol. The number of benzene rings is 1. The first-order valence-electron chi connectivity index (χ1n) is 5.23. The van der Waals surface area contributed by atoms with Crippen molar-refractivity contribution < 1.29 is 13.2 Å². The number of carbonyl (C=O) groups excluding carboxylic acids is 1. The minimum Gasteiger partial charge on any atom is -0.319 e. The lowest BCUT2D eigenvalue weighted by atomic mass is 10.2. The number of hydrogen-bond acceptors (Lipinski definition) is 6. The minimum absolute atomic E-state index is 0.00690. The molecule has 2 aromatic rings. The van der Waals surface area contributed by atoms with E-state index in [0.29, 0.717) is 0 Å². The number of nitrogens with one attached hydrogen (secondary N) is 1. The molecule has 0 saturated heterocycles. The molecule has 1 N–H and O–H groups in total. The molecule has 0 saturated carbocycles. The van der Waals surface area contributed by atoms with E-state index in [9.17, 15) is 13.2 Å². The van der Waals surface area contributed by atoms with E-state index in [-0.39, 0.29) is 31.1 Å². The summed E-state index contributed by atoms with van der Waals surface area (Å²) in [4.78, 5) is 12.0. The summed E-state index contributed by atoms with van der Waals surface area (Å²) < 4.78 is 26.4. The molecule has 1 amide bonds. The summed E-state index contributed by atoms with van der Waals surface area (Å²) >= 11 is 12.9. The van der Waals surface area contributed by atoms with Gasteiger partial charge in [-0.2, -0.15) is 0 Å². The lowest BCUT2D eigenvalue weighted by Crippen LogP contribution is -2.12. The molecule has 0 spiro atoms. The van der Waals surface area contributed by atoms with Gasteiger partial charge in [0.15, 0.2) is 0 Å². The first-order chi connectivity index (χ1) is 9.71. The fourth-order valence-corrected chi connectivity index (χ4v) is 3.79. The van der Waals surface area contributed by atoms with E-state index in [2.05, 4.69) is 14.9 Å². The molecule has 0 fully saturated rings. The van der Waals surface area contributed by atoms with Crippen LogP contribution >= 0.6 is 45.4 Å². The molecule has 11 heteroatoms. The molecule has 0 atom stereocenters. The van der Waals surface area contributed by atoms with Crippen LogP contribution in [0.1, 0.15) is 15.2 Å². The van der Waals surface area contributed by atoms with Crippen molar-refractivity contribution >= 4 is 66.1 Å². The first-order valence-corrected chi connectivity index (χ1v) is 9.07. The smallest absolute Gasteiger partial charge is 0.269 e. The van der Waals surface area contributed by atoms with Gasteiger partial charge in [0.1, 0.15) is 4.88 Å². The average Bonchev–Trinajstić information content (AvgIpc) is 2.91. The Hall–Kier alpha value is -0.930. The molecular formula is C10H6Cl3N3O3S2. The van der Waals surface area contributed by atoms with Crippen molar-refractivity contribution in [1.29, 1.82) is 0 Å². The number of halogens is 3. The van der Waals surface area contributed by atoms with Gasteiger partial charge in [-0.1, -0.05) is 27.7 Å². The van der Waals surface area contributed by atoms with Crippen molar-refractivity contribution in [2.75, 3.05) is 5.32 Å². The summed E-state index contributed by atoms with van der Waals surface area (Å²) in [6, 6.07) is 1.13. The standard InChI is InChI=1S/C10H6Cl3N3O3S2/c1-4-7(21(13,18)19)2-5(11)9(8(4)12)15-10(17)6-3-14-16-20-6/h2-3H,1H3,(H,15,17). The fraction of sp³-hybridized carbons (Fsp3) is 0.100. The van der Waals surface area contributed by atoms with Gasteiger partial charge >= 0.3 is 0 Å². The Kier molecular flexibility index (Phi) is 4.74. The summed E-state index contributed by atoms with van der Waals surface area (Å²) in [5, 5.41) is 5.98. The maximum absolute atomic E-state index is 11.9. The van der Waals surface area contributed by atoms with Crippen molar-refractivity contribution in [3.63, 3.8) is 0 Å². The Balaban J connectivity index is 2.47. The van der Waals surface area contributed by atoms with Crippen molar-refractivity contribution in [1.82, 2.24) is 9.59 Å². The van der Waals surface area contributed by atoms with Crippen LogP contribution in [0.5, 0.6) is 0 Å². The molecule has 1 aromatic carbocycles. The molecule has 1 aromatic heterocycles. The van der Waals surface area contributed by atoms with E-state index < -0.39 is 15.0 Å². The maximum Gasteiger partial charge on any atom is 0.269 e. The lowest BCUT2D eigenvalue weighted by molar-refractivity contribution is 0.103. The van der Waals surface area contributed by atoms with Crippen LogP contribution in [0, 0.1) is 6.92 Å². The van der Waals surface area contributed by atoms with Gasteiger partial charge in [0.25, 0.3) is 15.0 Å². The second kappa shape index (κ2) is 6.05. The minimum atomic E-state index is -3.99. The van der Waals surface area contributed by atoms with E-state index in [4.69, 9.17) is 33.9 Å².